The van der Waals surface area contributed by atoms with Crippen molar-refractivity contribution in [1.82, 2.24) is 0 Å². The van der Waals surface area contributed by atoms with Crippen molar-refractivity contribution in [3.63, 3.8) is 0 Å². The molecule has 0 amide bonds. The number of rotatable bonds is 13. The fourth-order valence-electron chi connectivity index (χ4n) is 6.37. The van der Waals surface area contributed by atoms with Crippen LogP contribution < -0.4 is 14.2 Å². The van der Waals surface area contributed by atoms with Crippen LogP contribution in [0.2, 0.25) is 0 Å². The molecule has 1 aromatic heterocycles. The summed E-state index contributed by atoms with van der Waals surface area (Å²) in [5.74, 6) is -0.751. The fourth-order valence-corrected chi connectivity index (χ4v) is 6.92. The highest BCUT2D eigenvalue weighted by molar-refractivity contribution is 7.85. The normalized spacial score (nSPS) is 13.2. The maximum atomic E-state index is 11.0. The number of aromatic hydroxyl groups is 1. The highest BCUT2D eigenvalue weighted by atomic mass is 32.2. The summed E-state index contributed by atoms with van der Waals surface area (Å²) in [6, 6.07) is 31.3. The van der Waals surface area contributed by atoms with Crippen LogP contribution in [0.1, 0.15) is 48.9 Å². The van der Waals surface area contributed by atoms with E-state index in [-0.39, 0.29) is 16.9 Å². The third-order valence-corrected chi connectivity index (χ3v) is 9.74. The van der Waals surface area contributed by atoms with E-state index < -0.39 is 22.7 Å². The number of phenolic OH excluding ortho intramolecular Hbond substituents is 1. The molecular weight excluding hydrogens is 653 g/mol. The summed E-state index contributed by atoms with van der Waals surface area (Å²) in [6.07, 6.45) is 9.03. The standard InChI is InChI=1S/C40H38N2O7S/c1-40(2)37-25-29(6-5-28-19-22-41(23-20-28)21-3-4-24-50(46,47)48)7-17-35(37)36-18-12-32(26-38(36)40)42(30-8-13-33(43)14-9-30)31-10-15-34(16-11-31)49-27-39(44)45/h5-20,22-23,25-26H,3-4,21,24,27H2,1-2H3,(H2-,43,44,45,46,47,48). The zero-order valence-electron chi connectivity index (χ0n) is 27.8. The van der Waals surface area contributed by atoms with Gasteiger partial charge in [-0.1, -0.05) is 50.3 Å². The number of hydrogen-bond acceptors (Lipinski definition) is 7. The van der Waals surface area contributed by atoms with E-state index >= 15 is 0 Å². The van der Waals surface area contributed by atoms with Crippen LogP contribution in [-0.4, -0.2) is 41.5 Å². The smallest absolute Gasteiger partial charge is 0.341 e. The van der Waals surface area contributed by atoms with E-state index in [1.165, 1.54) is 22.3 Å². The molecule has 1 heterocycles. The number of hydrogen-bond donors (Lipinski definition) is 2. The van der Waals surface area contributed by atoms with Crippen LogP contribution in [0, 0.1) is 0 Å². The molecule has 1 aliphatic carbocycles. The van der Waals surface area contributed by atoms with Crippen LogP contribution in [0.4, 0.5) is 17.1 Å². The summed E-state index contributed by atoms with van der Waals surface area (Å²) in [4.78, 5) is 13.1. The maximum Gasteiger partial charge on any atom is 0.341 e. The van der Waals surface area contributed by atoms with Crippen molar-refractivity contribution < 1.29 is 37.3 Å². The van der Waals surface area contributed by atoms with Gasteiger partial charge in [-0.2, -0.15) is 0 Å². The predicted octanol–water partition coefficient (Wildman–Crippen LogP) is 7.42. The van der Waals surface area contributed by atoms with Crippen LogP contribution in [0.3, 0.4) is 0 Å². The Morgan fingerprint density at radius 1 is 0.800 bits per heavy atom. The summed E-state index contributed by atoms with van der Waals surface area (Å²) < 4.78 is 39.8. The number of aromatic nitrogens is 1. The monoisotopic (exact) mass is 690 g/mol. The molecule has 9 nitrogen and oxygen atoms in total. The number of nitrogens with zero attached hydrogens (tertiary/aromatic N) is 2. The molecule has 50 heavy (non-hydrogen) atoms. The van der Waals surface area contributed by atoms with Gasteiger partial charge >= 0.3 is 5.97 Å². The first kappa shape index (κ1) is 34.4. The van der Waals surface area contributed by atoms with Crippen LogP contribution >= 0.6 is 0 Å². The third kappa shape index (κ3) is 7.88. The number of aliphatic carboxylic acids is 1. The number of aryl methyl sites for hydroxylation is 1. The van der Waals surface area contributed by atoms with Gasteiger partial charge in [0.25, 0.3) is 0 Å². The van der Waals surface area contributed by atoms with Gasteiger partial charge in [-0.25, -0.2) is 17.8 Å². The van der Waals surface area contributed by atoms with Crippen molar-refractivity contribution in [1.29, 1.82) is 0 Å². The first-order valence-electron chi connectivity index (χ1n) is 16.3. The zero-order chi connectivity index (χ0) is 35.5. The maximum absolute atomic E-state index is 11.0. The molecule has 4 aromatic carbocycles. The van der Waals surface area contributed by atoms with E-state index in [2.05, 4.69) is 67.3 Å². The minimum atomic E-state index is -4.17. The number of pyridine rings is 1. The predicted molar refractivity (Wildman–Crippen MR) is 193 cm³/mol. The number of phenols is 1. The molecule has 2 N–H and O–H groups in total. The van der Waals surface area contributed by atoms with Crippen LogP contribution in [-0.2, 0) is 26.9 Å². The van der Waals surface area contributed by atoms with Crippen molar-refractivity contribution in [2.24, 2.45) is 0 Å². The van der Waals surface area contributed by atoms with E-state index in [1.54, 1.807) is 24.3 Å². The largest absolute Gasteiger partial charge is 0.748 e. The number of carboxylic acid groups (broad SMARTS) is 1. The lowest BCUT2D eigenvalue weighted by Gasteiger charge is -2.28. The Kier molecular flexibility index (Phi) is 9.76. The second-order valence-corrected chi connectivity index (χ2v) is 14.4. The second kappa shape index (κ2) is 14.2. The van der Waals surface area contributed by atoms with E-state index in [0.717, 1.165) is 28.2 Å². The Balaban J connectivity index is 1.23. The van der Waals surface area contributed by atoms with E-state index in [0.29, 0.717) is 25.1 Å². The Labute approximate surface area is 292 Å². The summed E-state index contributed by atoms with van der Waals surface area (Å²) in [7, 11) is -4.17. The van der Waals surface area contributed by atoms with Crippen molar-refractivity contribution >= 4 is 45.3 Å². The van der Waals surface area contributed by atoms with Crippen molar-refractivity contribution in [2.75, 3.05) is 17.3 Å². The Morgan fingerprint density at radius 3 is 2.02 bits per heavy atom. The van der Waals surface area contributed by atoms with Gasteiger partial charge in [-0.3, -0.25) is 0 Å². The summed E-state index contributed by atoms with van der Waals surface area (Å²) in [6.45, 7) is 4.69. The van der Waals surface area contributed by atoms with Gasteiger partial charge in [0, 0.05) is 46.8 Å². The molecule has 5 aromatic rings. The average molecular weight is 691 g/mol. The number of anilines is 3. The molecule has 1 aliphatic rings. The van der Waals surface area contributed by atoms with Crippen LogP contribution in [0.5, 0.6) is 11.5 Å². The molecule has 10 heteroatoms. The lowest BCUT2D eigenvalue weighted by atomic mass is 9.81. The third-order valence-electron chi connectivity index (χ3n) is 8.95. The number of ether oxygens (including phenoxy) is 1. The Morgan fingerprint density at radius 2 is 1.38 bits per heavy atom. The average Bonchev–Trinajstić information content (AvgIpc) is 3.31. The molecule has 0 saturated carbocycles. The summed E-state index contributed by atoms with van der Waals surface area (Å²) >= 11 is 0. The molecule has 256 valence electrons. The van der Waals surface area contributed by atoms with Gasteiger partial charge in [-0.15, -0.1) is 0 Å². The minimum Gasteiger partial charge on any atom is -0.748 e. The van der Waals surface area contributed by atoms with E-state index in [1.807, 2.05) is 53.4 Å². The first-order valence-corrected chi connectivity index (χ1v) is 17.9. The number of fused-ring (bicyclic) bond motifs is 3. The molecule has 0 aliphatic heterocycles. The molecule has 0 bridgehead atoms. The number of unbranched alkanes of at least 4 members (excludes halogenated alkanes) is 1. The molecule has 0 radical (unpaired) electrons. The topological polar surface area (TPSA) is 131 Å². The minimum absolute atomic E-state index is 0.169. The molecule has 0 fully saturated rings. The fraction of sp³-hybridized carbons (Fsp3) is 0.200. The number of carboxylic acids is 1. The lowest BCUT2D eigenvalue weighted by Crippen LogP contribution is -2.32. The number of benzene rings is 4. The van der Waals surface area contributed by atoms with Crippen molar-refractivity contribution in [3.05, 3.63) is 132 Å². The van der Waals surface area contributed by atoms with E-state index in [9.17, 15) is 22.9 Å². The summed E-state index contributed by atoms with van der Waals surface area (Å²) in [5, 5.41) is 19.0. The van der Waals surface area contributed by atoms with Gasteiger partial charge in [0.15, 0.2) is 19.0 Å². The van der Waals surface area contributed by atoms with E-state index in [4.69, 9.17) is 9.84 Å². The molecule has 6 rings (SSSR count). The van der Waals surface area contributed by atoms with Crippen molar-refractivity contribution in [3.8, 4) is 22.6 Å². The van der Waals surface area contributed by atoms with Crippen LogP contribution in [0.15, 0.2) is 109 Å². The molecule has 0 unspecified atom stereocenters. The SMILES string of the molecule is CC1(C)c2cc(/C=C/c3cc[n+](CCCCS(=O)(=O)[O-])cc3)ccc2-c2ccc(N(c3ccc(O)cc3)c3ccc(OCC(=O)O)cc3)cc21. The Hall–Kier alpha value is -5.45. The first-order chi connectivity index (χ1) is 23.9. The van der Waals surface area contributed by atoms with Gasteiger partial charge < -0.3 is 24.4 Å². The quantitative estimate of drug-likeness (QED) is 0.0742. The second-order valence-electron chi connectivity index (χ2n) is 12.9. The Bertz CT molecular complexity index is 2140. The van der Waals surface area contributed by atoms with Crippen molar-refractivity contribution in [2.45, 2.75) is 38.6 Å². The van der Waals surface area contributed by atoms with Gasteiger partial charge in [0.2, 0.25) is 0 Å². The highest BCUT2D eigenvalue weighted by Crippen LogP contribution is 2.51. The zero-order valence-corrected chi connectivity index (χ0v) is 28.6. The van der Waals surface area contributed by atoms with Gasteiger partial charge in [0.05, 0.1) is 10.1 Å². The summed E-state index contributed by atoms with van der Waals surface area (Å²) in [5.41, 5.74) is 9.25. The molecule has 0 atom stereocenters. The van der Waals surface area contributed by atoms with Gasteiger partial charge in [0.1, 0.15) is 18.0 Å². The highest BCUT2D eigenvalue weighted by Gasteiger charge is 2.36. The molecule has 0 saturated heterocycles. The van der Waals surface area contributed by atoms with Gasteiger partial charge in [-0.05, 0) is 100 Å². The molecular formula is C40H38N2O7S. The molecule has 0 spiro atoms. The number of carbonyl (C=O) groups is 1. The lowest BCUT2D eigenvalue weighted by molar-refractivity contribution is -0.697. The van der Waals surface area contributed by atoms with Crippen LogP contribution in [0.25, 0.3) is 23.3 Å².